The zero-order valence-electron chi connectivity index (χ0n) is 9.82. The second-order valence-electron chi connectivity index (χ2n) is 5.40. The predicted molar refractivity (Wildman–Crippen MR) is 61.7 cm³/mol. The van der Waals surface area contributed by atoms with Crippen LogP contribution in [0.1, 0.15) is 32.1 Å². The quantitative estimate of drug-likeness (QED) is 0.714. The summed E-state index contributed by atoms with van der Waals surface area (Å²) < 4.78 is 0. The number of likely N-dealkylation sites (tertiary alicyclic amines) is 1. The summed E-state index contributed by atoms with van der Waals surface area (Å²) in [5, 5.41) is 9.12. The molecule has 0 unspecified atom stereocenters. The van der Waals surface area contributed by atoms with E-state index in [4.69, 9.17) is 10.8 Å². The molecule has 16 heavy (non-hydrogen) atoms. The van der Waals surface area contributed by atoms with Gasteiger partial charge in [0.15, 0.2) is 0 Å². The third kappa shape index (κ3) is 2.23. The summed E-state index contributed by atoms with van der Waals surface area (Å²) in [5.41, 5.74) is 5.73. The first-order chi connectivity index (χ1) is 7.69. The molecule has 1 saturated heterocycles. The molecule has 1 heterocycles. The lowest BCUT2D eigenvalue weighted by atomic mass is 9.70. The van der Waals surface area contributed by atoms with Gasteiger partial charge in [0.05, 0.1) is 6.54 Å². The molecule has 2 rings (SSSR count). The number of aliphatic hydroxyl groups excluding tert-OH is 1. The van der Waals surface area contributed by atoms with E-state index in [-0.39, 0.29) is 12.5 Å². The van der Waals surface area contributed by atoms with Crippen molar-refractivity contribution in [2.75, 3.05) is 26.2 Å². The van der Waals surface area contributed by atoms with Gasteiger partial charge in [-0.25, -0.2) is 0 Å². The summed E-state index contributed by atoms with van der Waals surface area (Å²) in [7, 11) is 0. The maximum atomic E-state index is 11.5. The van der Waals surface area contributed by atoms with Crippen molar-refractivity contribution >= 4 is 5.91 Å². The highest BCUT2D eigenvalue weighted by atomic mass is 16.3. The van der Waals surface area contributed by atoms with Crippen LogP contribution in [0.25, 0.3) is 0 Å². The van der Waals surface area contributed by atoms with Crippen LogP contribution in [0, 0.1) is 11.3 Å². The highest BCUT2D eigenvalue weighted by Crippen LogP contribution is 2.45. The van der Waals surface area contributed by atoms with Gasteiger partial charge in [0.25, 0.3) is 0 Å². The average molecular weight is 226 g/mol. The maximum absolute atomic E-state index is 11.5. The molecule has 92 valence electrons. The maximum Gasteiger partial charge on any atom is 0.236 e. The first-order valence-electron chi connectivity index (χ1n) is 6.28. The van der Waals surface area contributed by atoms with Gasteiger partial charge in [0.2, 0.25) is 5.91 Å². The molecule has 1 amide bonds. The van der Waals surface area contributed by atoms with Gasteiger partial charge in [0, 0.05) is 19.7 Å². The molecule has 4 nitrogen and oxygen atoms in total. The molecule has 1 spiro atoms. The lowest BCUT2D eigenvalue weighted by molar-refractivity contribution is -0.129. The summed E-state index contributed by atoms with van der Waals surface area (Å²) in [6.07, 6.45) is 5.67. The molecule has 3 N–H and O–H groups in total. The molecule has 4 heteroatoms. The van der Waals surface area contributed by atoms with E-state index in [9.17, 15) is 4.79 Å². The molecule has 0 aromatic carbocycles. The Hall–Kier alpha value is -0.610. The van der Waals surface area contributed by atoms with E-state index < -0.39 is 0 Å². The fourth-order valence-corrected chi connectivity index (χ4v) is 3.16. The minimum atomic E-state index is 0.0844. The zero-order chi connectivity index (χ0) is 11.6. The van der Waals surface area contributed by atoms with E-state index >= 15 is 0 Å². The van der Waals surface area contributed by atoms with Gasteiger partial charge < -0.3 is 15.7 Å². The Morgan fingerprint density at radius 3 is 2.62 bits per heavy atom. The van der Waals surface area contributed by atoms with Crippen LogP contribution in [-0.2, 0) is 4.79 Å². The Labute approximate surface area is 96.8 Å². The van der Waals surface area contributed by atoms with Crippen molar-refractivity contribution < 1.29 is 9.90 Å². The molecule has 1 aliphatic heterocycles. The molecule has 0 aromatic heterocycles. The van der Waals surface area contributed by atoms with Crippen LogP contribution >= 0.6 is 0 Å². The third-order valence-electron chi connectivity index (χ3n) is 4.39. The SMILES string of the molecule is NCC(=O)N1CCC2(CCC(CO)CC2)C1. The van der Waals surface area contributed by atoms with E-state index in [0.717, 1.165) is 45.2 Å². The van der Waals surface area contributed by atoms with Crippen LogP contribution in [0.15, 0.2) is 0 Å². The molecule has 0 bridgehead atoms. The summed E-state index contributed by atoms with van der Waals surface area (Å²) in [6.45, 7) is 2.22. The number of carbonyl (C=O) groups excluding carboxylic acids is 1. The topological polar surface area (TPSA) is 66.6 Å². The monoisotopic (exact) mass is 226 g/mol. The van der Waals surface area contributed by atoms with Crippen molar-refractivity contribution in [2.24, 2.45) is 17.1 Å². The van der Waals surface area contributed by atoms with Crippen molar-refractivity contribution in [1.82, 2.24) is 4.90 Å². The number of hydrogen-bond donors (Lipinski definition) is 2. The fraction of sp³-hybridized carbons (Fsp3) is 0.917. The van der Waals surface area contributed by atoms with Gasteiger partial charge >= 0.3 is 0 Å². The Morgan fingerprint density at radius 2 is 2.06 bits per heavy atom. The van der Waals surface area contributed by atoms with Crippen LogP contribution in [0.5, 0.6) is 0 Å². The Morgan fingerprint density at radius 1 is 1.38 bits per heavy atom. The number of nitrogens with two attached hydrogens (primary N) is 1. The van der Waals surface area contributed by atoms with Gasteiger partial charge in [-0.1, -0.05) is 0 Å². The van der Waals surface area contributed by atoms with E-state index in [0.29, 0.717) is 17.9 Å². The third-order valence-corrected chi connectivity index (χ3v) is 4.39. The fourth-order valence-electron chi connectivity index (χ4n) is 3.16. The minimum absolute atomic E-state index is 0.0844. The minimum Gasteiger partial charge on any atom is -0.396 e. The molecular weight excluding hydrogens is 204 g/mol. The van der Waals surface area contributed by atoms with Crippen molar-refractivity contribution in [3.05, 3.63) is 0 Å². The van der Waals surface area contributed by atoms with Crippen LogP contribution in [0.2, 0.25) is 0 Å². The standard InChI is InChI=1S/C12H22N2O2/c13-7-11(16)14-6-5-12(9-14)3-1-10(8-15)2-4-12/h10,15H,1-9,13H2. The number of rotatable bonds is 2. The summed E-state index contributed by atoms with van der Waals surface area (Å²) in [6, 6.07) is 0. The van der Waals surface area contributed by atoms with Gasteiger partial charge in [-0.05, 0) is 43.4 Å². The zero-order valence-corrected chi connectivity index (χ0v) is 9.82. The first kappa shape index (κ1) is 11.9. The van der Waals surface area contributed by atoms with Crippen molar-refractivity contribution in [3.63, 3.8) is 0 Å². The number of aliphatic hydroxyl groups is 1. The highest BCUT2D eigenvalue weighted by molar-refractivity contribution is 5.78. The Bertz CT molecular complexity index is 260. The van der Waals surface area contributed by atoms with E-state index in [1.165, 1.54) is 0 Å². The van der Waals surface area contributed by atoms with Crippen LogP contribution in [0.4, 0.5) is 0 Å². The van der Waals surface area contributed by atoms with Gasteiger partial charge in [-0.2, -0.15) is 0 Å². The van der Waals surface area contributed by atoms with E-state index in [1.807, 2.05) is 4.90 Å². The Kier molecular flexibility index (Phi) is 3.50. The summed E-state index contributed by atoms with van der Waals surface area (Å²) >= 11 is 0. The largest absolute Gasteiger partial charge is 0.396 e. The molecule has 2 aliphatic rings. The molecule has 0 atom stereocenters. The van der Waals surface area contributed by atoms with Crippen molar-refractivity contribution in [1.29, 1.82) is 0 Å². The lowest BCUT2D eigenvalue weighted by Gasteiger charge is -2.36. The smallest absolute Gasteiger partial charge is 0.236 e. The van der Waals surface area contributed by atoms with E-state index in [2.05, 4.69) is 0 Å². The molecule has 0 radical (unpaired) electrons. The second kappa shape index (κ2) is 4.72. The van der Waals surface area contributed by atoms with Crippen molar-refractivity contribution in [2.45, 2.75) is 32.1 Å². The van der Waals surface area contributed by atoms with Crippen molar-refractivity contribution in [3.8, 4) is 0 Å². The lowest BCUT2D eigenvalue weighted by Crippen LogP contribution is -2.37. The van der Waals surface area contributed by atoms with E-state index in [1.54, 1.807) is 0 Å². The average Bonchev–Trinajstić information content (AvgIpc) is 2.73. The van der Waals surface area contributed by atoms with Crippen LogP contribution in [0.3, 0.4) is 0 Å². The molecule has 1 aliphatic carbocycles. The van der Waals surface area contributed by atoms with Gasteiger partial charge in [-0.15, -0.1) is 0 Å². The van der Waals surface area contributed by atoms with Crippen LogP contribution < -0.4 is 5.73 Å². The Balaban J connectivity index is 1.90. The number of carbonyl (C=O) groups is 1. The first-order valence-corrected chi connectivity index (χ1v) is 6.28. The van der Waals surface area contributed by atoms with Gasteiger partial charge in [0.1, 0.15) is 0 Å². The summed E-state index contributed by atoms with van der Waals surface area (Å²) in [4.78, 5) is 13.4. The second-order valence-corrected chi connectivity index (χ2v) is 5.40. The highest BCUT2D eigenvalue weighted by Gasteiger charge is 2.41. The van der Waals surface area contributed by atoms with Crippen LogP contribution in [-0.4, -0.2) is 42.2 Å². The molecule has 0 aromatic rings. The molecule has 2 fully saturated rings. The normalized spacial score (nSPS) is 34.6. The number of hydrogen-bond acceptors (Lipinski definition) is 3. The molecule has 1 saturated carbocycles. The predicted octanol–water partition coefficient (Wildman–Crippen LogP) is 0.346. The molecular formula is C12H22N2O2. The number of nitrogens with zero attached hydrogens (tertiary/aromatic N) is 1. The van der Waals surface area contributed by atoms with Gasteiger partial charge in [-0.3, -0.25) is 4.79 Å². The summed E-state index contributed by atoms with van der Waals surface area (Å²) in [5.74, 6) is 0.575. The number of amides is 1.